The zero-order chi connectivity index (χ0) is 20.6. The number of carbonyl (C=O) groups excluding carboxylic acids is 2. The molecule has 0 fully saturated rings. The minimum Gasteiger partial charge on any atom is -0.444 e. The fourth-order valence-corrected chi connectivity index (χ4v) is 2.72. The largest absolute Gasteiger partial charge is 0.444 e. The van der Waals surface area contributed by atoms with Gasteiger partial charge in [-0.1, -0.05) is 6.07 Å². The molecule has 1 aliphatic heterocycles. The molecule has 8 heteroatoms. The number of benzene rings is 1. The minimum atomic E-state index is -0.841. The summed E-state index contributed by atoms with van der Waals surface area (Å²) in [5.74, 6) is -0.625. The Morgan fingerprint density at radius 3 is 2.44 bits per heavy atom. The van der Waals surface area contributed by atoms with Crippen LogP contribution in [0.4, 0.5) is 10.5 Å². The van der Waals surface area contributed by atoms with Gasteiger partial charge in [-0.15, -0.1) is 0 Å². The predicted molar refractivity (Wildman–Crippen MR) is 104 cm³/mol. The molecule has 0 radical (unpaired) electrons. The number of anilines is 1. The van der Waals surface area contributed by atoms with Gasteiger partial charge in [0, 0.05) is 22.5 Å². The maximum atomic E-state index is 12.5. The standard InChI is InChI=1S/C19H27N5O3/c1-18(2,3)27-17(26)24-10-13(14(21)19(24,4)5)15(22)23-16(25)11-7-6-8-12(20)9-11/h6-9H,10,20-21H2,1-5H3,(H2,22,23,25). The van der Waals surface area contributed by atoms with Crippen LogP contribution >= 0.6 is 0 Å². The van der Waals surface area contributed by atoms with Crippen molar-refractivity contribution in [1.82, 2.24) is 10.2 Å². The predicted octanol–water partition coefficient (Wildman–Crippen LogP) is 2.22. The Hall–Kier alpha value is -3.03. The fraction of sp³-hybridized carbons (Fsp3) is 0.421. The van der Waals surface area contributed by atoms with Crippen molar-refractivity contribution in [2.24, 2.45) is 5.73 Å². The van der Waals surface area contributed by atoms with Gasteiger partial charge in [0.2, 0.25) is 0 Å². The Morgan fingerprint density at radius 1 is 1.26 bits per heavy atom. The van der Waals surface area contributed by atoms with Crippen LogP contribution in [0.15, 0.2) is 35.5 Å². The highest BCUT2D eigenvalue weighted by atomic mass is 16.6. The summed E-state index contributed by atoms with van der Waals surface area (Å²) in [4.78, 5) is 26.3. The van der Waals surface area contributed by atoms with Crippen LogP contribution in [0, 0.1) is 5.41 Å². The van der Waals surface area contributed by atoms with E-state index in [2.05, 4.69) is 5.32 Å². The molecule has 1 heterocycles. The Morgan fingerprint density at radius 2 is 1.89 bits per heavy atom. The summed E-state index contributed by atoms with van der Waals surface area (Å²) in [5, 5.41) is 10.8. The lowest BCUT2D eigenvalue weighted by molar-refractivity contribution is 0.0151. The number of nitrogens with zero attached hydrogens (tertiary/aromatic N) is 1. The number of ether oxygens (including phenoxy) is 1. The van der Waals surface area contributed by atoms with E-state index in [0.717, 1.165) is 0 Å². The van der Waals surface area contributed by atoms with Gasteiger partial charge in [0.15, 0.2) is 0 Å². The van der Waals surface area contributed by atoms with E-state index in [1.165, 1.54) is 11.0 Å². The van der Waals surface area contributed by atoms with Gasteiger partial charge < -0.3 is 21.5 Å². The van der Waals surface area contributed by atoms with Gasteiger partial charge >= 0.3 is 6.09 Å². The van der Waals surface area contributed by atoms with E-state index in [4.69, 9.17) is 21.6 Å². The topological polar surface area (TPSA) is 135 Å². The van der Waals surface area contributed by atoms with E-state index in [1.807, 2.05) is 0 Å². The number of amides is 2. The second-order valence-electron chi connectivity index (χ2n) is 7.97. The van der Waals surface area contributed by atoms with Crippen molar-refractivity contribution in [2.75, 3.05) is 12.3 Å². The molecule has 0 aliphatic carbocycles. The van der Waals surface area contributed by atoms with E-state index in [-0.39, 0.29) is 12.4 Å². The zero-order valence-electron chi connectivity index (χ0n) is 16.3. The fourth-order valence-electron chi connectivity index (χ4n) is 2.72. The van der Waals surface area contributed by atoms with Crippen LogP contribution in [0.25, 0.3) is 0 Å². The molecule has 0 saturated carbocycles. The SMILES string of the molecule is CC(C)(C)OC(=O)N1CC(C(=N)NC(=O)c2cccc(N)c2)=C(N)C1(C)C. The van der Waals surface area contributed by atoms with E-state index >= 15 is 0 Å². The van der Waals surface area contributed by atoms with Crippen LogP contribution in [-0.2, 0) is 4.74 Å². The average Bonchev–Trinajstić information content (AvgIpc) is 2.76. The van der Waals surface area contributed by atoms with Crippen molar-refractivity contribution in [2.45, 2.75) is 45.8 Å². The van der Waals surface area contributed by atoms with Crippen molar-refractivity contribution in [3.8, 4) is 0 Å². The molecular formula is C19H27N5O3. The first-order chi connectivity index (χ1) is 12.3. The maximum Gasteiger partial charge on any atom is 0.411 e. The molecule has 27 heavy (non-hydrogen) atoms. The summed E-state index contributed by atoms with van der Waals surface area (Å²) in [7, 11) is 0. The summed E-state index contributed by atoms with van der Waals surface area (Å²) >= 11 is 0. The number of carbonyl (C=O) groups is 2. The summed E-state index contributed by atoms with van der Waals surface area (Å²) in [5.41, 5.74) is 11.9. The van der Waals surface area contributed by atoms with Crippen molar-refractivity contribution >= 4 is 23.5 Å². The molecule has 0 bridgehead atoms. The summed E-state index contributed by atoms with van der Waals surface area (Å²) in [6.45, 7) is 8.95. The monoisotopic (exact) mass is 373 g/mol. The molecule has 0 saturated heterocycles. The number of hydrogen-bond donors (Lipinski definition) is 4. The number of amidine groups is 1. The van der Waals surface area contributed by atoms with E-state index < -0.39 is 23.1 Å². The maximum absolute atomic E-state index is 12.5. The third kappa shape index (κ3) is 4.39. The van der Waals surface area contributed by atoms with Crippen LogP contribution in [0.3, 0.4) is 0 Å². The van der Waals surface area contributed by atoms with Gasteiger partial charge in [-0.05, 0) is 52.8 Å². The normalized spacial score (nSPS) is 16.3. The molecule has 6 N–H and O–H groups in total. The van der Waals surface area contributed by atoms with Gasteiger partial charge in [-0.3, -0.25) is 15.1 Å². The number of nitrogens with two attached hydrogens (primary N) is 2. The number of nitrogens with one attached hydrogen (secondary N) is 2. The highest BCUT2D eigenvalue weighted by Crippen LogP contribution is 2.32. The molecule has 0 aromatic heterocycles. The van der Waals surface area contributed by atoms with Crippen molar-refractivity contribution in [3.63, 3.8) is 0 Å². The van der Waals surface area contributed by atoms with Gasteiger partial charge in [-0.25, -0.2) is 4.79 Å². The van der Waals surface area contributed by atoms with Crippen LogP contribution in [0.1, 0.15) is 45.0 Å². The summed E-state index contributed by atoms with van der Waals surface area (Å²) in [6, 6.07) is 6.44. The quantitative estimate of drug-likeness (QED) is 0.358. The molecule has 1 aliphatic rings. The molecule has 1 aromatic carbocycles. The Labute approximate surface area is 159 Å². The van der Waals surface area contributed by atoms with Crippen molar-refractivity contribution in [3.05, 3.63) is 41.1 Å². The van der Waals surface area contributed by atoms with E-state index in [0.29, 0.717) is 22.5 Å². The summed E-state index contributed by atoms with van der Waals surface area (Å²) < 4.78 is 5.43. The molecule has 146 valence electrons. The highest BCUT2D eigenvalue weighted by Gasteiger charge is 2.44. The smallest absolute Gasteiger partial charge is 0.411 e. The Kier molecular flexibility index (Phi) is 5.21. The van der Waals surface area contributed by atoms with E-state index in [1.54, 1.807) is 52.8 Å². The second kappa shape index (κ2) is 6.94. The van der Waals surface area contributed by atoms with Crippen LogP contribution < -0.4 is 16.8 Å². The molecule has 2 rings (SSSR count). The first kappa shape index (κ1) is 20.3. The minimum absolute atomic E-state index is 0.0732. The molecule has 0 unspecified atom stereocenters. The average molecular weight is 373 g/mol. The third-order valence-electron chi connectivity index (χ3n) is 4.28. The zero-order valence-corrected chi connectivity index (χ0v) is 16.3. The van der Waals surface area contributed by atoms with Crippen molar-refractivity contribution in [1.29, 1.82) is 5.41 Å². The van der Waals surface area contributed by atoms with Crippen LogP contribution in [0.2, 0.25) is 0 Å². The summed E-state index contributed by atoms with van der Waals surface area (Å²) in [6.07, 6.45) is -0.527. The molecular weight excluding hydrogens is 346 g/mol. The molecule has 1 aromatic rings. The van der Waals surface area contributed by atoms with Crippen LogP contribution in [-0.4, -0.2) is 40.4 Å². The van der Waals surface area contributed by atoms with Gasteiger partial charge in [0.25, 0.3) is 5.91 Å². The molecule has 2 amide bonds. The Bertz CT molecular complexity index is 821. The van der Waals surface area contributed by atoms with Gasteiger partial charge in [0.05, 0.1) is 12.1 Å². The third-order valence-corrected chi connectivity index (χ3v) is 4.28. The lowest BCUT2D eigenvalue weighted by Gasteiger charge is -2.34. The Balaban J connectivity index is 2.18. The molecule has 0 atom stereocenters. The first-order valence-electron chi connectivity index (χ1n) is 8.58. The second-order valence-corrected chi connectivity index (χ2v) is 7.97. The first-order valence-corrected chi connectivity index (χ1v) is 8.58. The number of rotatable bonds is 2. The number of hydrogen-bond acceptors (Lipinski definition) is 6. The van der Waals surface area contributed by atoms with Crippen molar-refractivity contribution < 1.29 is 14.3 Å². The number of nitrogen functional groups attached to an aromatic ring is 1. The lowest BCUT2D eigenvalue weighted by atomic mass is 10.0. The molecule has 8 nitrogen and oxygen atoms in total. The van der Waals surface area contributed by atoms with E-state index in [9.17, 15) is 9.59 Å². The highest BCUT2D eigenvalue weighted by molar-refractivity contribution is 6.12. The lowest BCUT2D eigenvalue weighted by Crippen LogP contribution is -2.48. The van der Waals surface area contributed by atoms with Crippen LogP contribution in [0.5, 0.6) is 0 Å². The van der Waals surface area contributed by atoms with Gasteiger partial charge in [-0.2, -0.15) is 0 Å². The molecule has 0 spiro atoms. The van der Waals surface area contributed by atoms with Gasteiger partial charge in [0.1, 0.15) is 11.4 Å².